The minimum atomic E-state index is -0.331. The molecule has 13 heavy (non-hydrogen) atoms. The summed E-state index contributed by atoms with van der Waals surface area (Å²) in [5.74, 6) is -0.331. The zero-order valence-corrected chi connectivity index (χ0v) is 8.12. The second kappa shape index (κ2) is 3.30. The quantitative estimate of drug-likeness (QED) is 0.749. The van der Waals surface area contributed by atoms with Crippen molar-refractivity contribution in [2.75, 3.05) is 0 Å². The van der Waals surface area contributed by atoms with Crippen molar-refractivity contribution in [2.24, 2.45) is 0 Å². The summed E-state index contributed by atoms with van der Waals surface area (Å²) in [5, 5.41) is 3.89. The van der Waals surface area contributed by atoms with Gasteiger partial charge in [-0.15, -0.1) is 0 Å². The number of hydrogen-bond acceptors (Lipinski definition) is 1. The van der Waals surface area contributed by atoms with Crippen LogP contribution in [0.1, 0.15) is 0 Å². The normalized spacial score (nSPS) is 10.3. The zero-order valence-electron chi connectivity index (χ0n) is 6.54. The highest BCUT2D eigenvalue weighted by Crippen LogP contribution is 2.20. The van der Waals surface area contributed by atoms with Gasteiger partial charge in [0.2, 0.25) is 0 Å². The highest BCUT2D eigenvalue weighted by atomic mass is 79.9. The van der Waals surface area contributed by atoms with Crippen molar-refractivity contribution in [3.05, 3.63) is 46.9 Å². The molecule has 0 aliphatic rings. The lowest BCUT2D eigenvalue weighted by molar-refractivity contribution is 0.604. The molecule has 0 aliphatic carbocycles. The topological polar surface area (TPSA) is 17.8 Å². The molecule has 4 heteroatoms. The van der Waals surface area contributed by atoms with Gasteiger partial charge in [0, 0.05) is 0 Å². The third-order valence-electron chi connectivity index (χ3n) is 1.61. The van der Waals surface area contributed by atoms with Gasteiger partial charge in [0.25, 0.3) is 0 Å². The molecule has 2 nitrogen and oxygen atoms in total. The Morgan fingerprint density at radius 3 is 3.00 bits per heavy atom. The molecular formula is C9H5BrFN2. The first kappa shape index (κ1) is 8.44. The average Bonchev–Trinajstić information content (AvgIpc) is 2.62. The third kappa shape index (κ3) is 1.49. The lowest BCUT2D eigenvalue weighted by Gasteiger charge is -2.02. The maximum Gasteiger partial charge on any atom is 0.163 e. The smallest absolute Gasteiger partial charge is 0.163 e. The summed E-state index contributed by atoms with van der Waals surface area (Å²) in [6, 6.07) is 6.66. The number of benzene rings is 1. The van der Waals surface area contributed by atoms with Crippen LogP contribution >= 0.6 is 15.9 Å². The predicted molar refractivity (Wildman–Crippen MR) is 50.1 cm³/mol. The van der Waals surface area contributed by atoms with E-state index in [1.54, 1.807) is 30.5 Å². The summed E-state index contributed by atoms with van der Waals surface area (Å²) in [5.41, 5.74) is 0.388. The van der Waals surface area contributed by atoms with E-state index in [4.69, 9.17) is 0 Å². The monoisotopic (exact) mass is 239 g/mol. The van der Waals surface area contributed by atoms with Crippen LogP contribution in [0, 0.1) is 12.0 Å². The van der Waals surface area contributed by atoms with Crippen LogP contribution in [-0.2, 0) is 0 Å². The Morgan fingerprint density at radius 2 is 2.31 bits per heavy atom. The number of hydrogen-bond donors (Lipinski definition) is 0. The number of rotatable bonds is 1. The molecule has 0 saturated heterocycles. The number of aromatic nitrogens is 2. The molecule has 1 heterocycles. The van der Waals surface area contributed by atoms with Crippen molar-refractivity contribution in [1.29, 1.82) is 0 Å². The second-order valence-corrected chi connectivity index (χ2v) is 3.30. The molecule has 0 N–H and O–H groups in total. The van der Waals surface area contributed by atoms with E-state index in [-0.39, 0.29) is 5.82 Å². The Bertz CT molecular complexity index is 412. The van der Waals surface area contributed by atoms with Crippen LogP contribution in [0.4, 0.5) is 4.39 Å². The van der Waals surface area contributed by atoms with Crippen molar-refractivity contribution >= 4 is 15.9 Å². The fourth-order valence-corrected chi connectivity index (χ4v) is 1.38. The van der Waals surface area contributed by atoms with E-state index in [1.165, 1.54) is 4.68 Å². The molecule has 1 aromatic heterocycles. The van der Waals surface area contributed by atoms with Crippen LogP contribution in [0.3, 0.4) is 0 Å². The Hall–Kier alpha value is -1.16. The lowest BCUT2D eigenvalue weighted by Crippen LogP contribution is -1.98. The summed E-state index contributed by atoms with van der Waals surface area (Å²) in [4.78, 5) is 0. The Kier molecular flexibility index (Phi) is 2.14. The van der Waals surface area contributed by atoms with Crippen LogP contribution in [0.25, 0.3) is 5.69 Å². The first-order valence-electron chi connectivity index (χ1n) is 3.65. The molecule has 0 bridgehead atoms. The maximum atomic E-state index is 13.4. The first-order valence-corrected chi connectivity index (χ1v) is 4.44. The molecule has 0 amide bonds. The van der Waals surface area contributed by atoms with E-state index in [0.717, 1.165) is 0 Å². The minimum absolute atomic E-state index is 0.331. The summed E-state index contributed by atoms with van der Waals surface area (Å²) in [7, 11) is 0. The van der Waals surface area contributed by atoms with Gasteiger partial charge in [0.05, 0.1) is 16.9 Å². The maximum absolute atomic E-state index is 13.4. The molecule has 2 aromatic rings. The summed E-state index contributed by atoms with van der Waals surface area (Å²) in [6.45, 7) is 0. The van der Waals surface area contributed by atoms with Crippen molar-refractivity contribution in [2.45, 2.75) is 0 Å². The van der Waals surface area contributed by atoms with Crippen LogP contribution in [0.5, 0.6) is 0 Å². The molecule has 0 fully saturated rings. The highest BCUT2D eigenvalue weighted by Gasteiger charge is 2.07. The van der Waals surface area contributed by atoms with E-state index in [0.29, 0.717) is 10.2 Å². The van der Waals surface area contributed by atoms with Crippen LogP contribution in [0.2, 0.25) is 0 Å². The Balaban J connectivity index is 2.59. The number of nitrogens with zero attached hydrogens (tertiary/aromatic N) is 2. The fraction of sp³-hybridized carbons (Fsp3) is 0. The van der Waals surface area contributed by atoms with Gasteiger partial charge in [-0.25, -0.2) is 9.07 Å². The van der Waals surface area contributed by atoms with Crippen LogP contribution < -0.4 is 0 Å². The summed E-state index contributed by atoms with van der Waals surface area (Å²) >= 11 is 3.10. The Labute approximate surface area is 83.1 Å². The molecule has 1 radical (unpaired) electrons. The highest BCUT2D eigenvalue weighted by molar-refractivity contribution is 9.10. The van der Waals surface area contributed by atoms with Gasteiger partial charge in [-0.1, -0.05) is 6.07 Å². The molecule has 0 atom stereocenters. The largest absolute Gasteiger partial charge is 0.228 e. The van der Waals surface area contributed by atoms with Gasteiger partial charge in [0.15, 0.2) is 5.82 Å². The van der Waals surface area contributed by atoms with E-state index in [2.05, 4.69) is 27.2 Å². The van der Waals surface area contributed by atoms with E-state index >= 15 is 0 Å². The van der Waals surface area contributed by atoms with Crippen molar-refractivity contribution in [3.63, 3.8) is 0 Å². The van der Waals surface area contributed by atoms with Crippen molar-refractivity contribution in [3.8, 4) is 5.69 Å². The SMILES string of the molecule is Fc1c(Br)cccc1-n1[c]ccn1. The predicted octanol–water partition coefficient (Wildman–Crippen LogP) is 2.57. The van der Waals surface area contributed by atoms with E-state index in [1.807, 2.05) is 0 Å². The second-order valence-electron chi connectivity index (χ2n) is 2.45. The lowest BCUT2D eigenvalue weighted by atomic mass is 10.3. The van der Waals surface area contributed by atoms with Gasteiger partial charge >= 0.3 is 0 Å². The van der Waals surface area contributed by atoms with Gasteiger partial charge in [0.1, 0.15) is 5.69 Å². The minimum Gasteiger partial charge on any atom is -0.228 e. The zero-order chi connectivity index (χ0) is 9.26. The first-order chi connectivity index (χ1) is 6.29. The van der Waals surface area contributed by atoms with Gasteiger partial charge in [-0.05, 0) is 34.1 Å². The standard InChI is InChI=1S/C9H5BrFN2/c10-7-3-1-4-8(9(7)11)13-6-2-5-12-13/h1-5H. The summed E-state index contributed by atoms with van der Waals surface area (Å²) in [6.07, 6.45) is 4.32. The molecule has 1 aromatic carbocycles. The van der Waals surface area contributed by atoms with Crippen LogP contribution in [-0.4, -0.2) is 9.78 Å². The number of halogens is 2. The summed E-state index contributed by atoms with van der Waals surface area (Å²) < 4.78 is 15.2. The van der Waals surface area contributed by atoms with Crippen molar-refractivity contribution in [1.82, 2.24) is 9.78 Å². The van der Waals surface area contributed by atoms with Gasteiger partial charge in [-0.3, -0.25) is 0 Å². The van der Waals surface area contributed by atoms with Crippen LogP contribution in [0.15, 0.2) is 34.9 Å². The Morgan fingerprint density at radius 1 is 1.46 bits per heavy atom. The molecule has 2 rings (SSSR count). The molecule has 0 aliphatic heterocycles. The molecule has 65 valence electrons. The fourth-order valence-electron chi connectivity index (χ4n) is 1.03. The van der Waals surface area contributed by atoms with Gasteiger partial charge < -0.3 is 0 Å². The van der Waals surface area contributed by atoms with E-state index in [9.17, 15) is 4.39 Å². The molecular weight excluding hydrogens is 235 g/mol. The third-order valence-corrected chi connectivity index (χ3v) is 2.23. The molecule has 0 saturated carbocycles. The van der Waals surface area contributed by atoms with E-state index < -0.39 is 0 Å². The van der Waals surface area contributed by atoms with Gasteiger partial charge in [-0.2, -0.15) is 5.10 Å². The molecule has 0 unspecified atom stereocenters. The average molecular weight is 240 g/mol. The molecule has 0 spiro atoms. The van der Waals surface area contributed by atoms with Crippen molar-refractivity contribution < 1.29 is 4.39 Å².